The van der Waals surface area contributed by atoms with Crippen molar-refractivity contribution in [3.05, 3.63) is 12.3 Å². The fourth-order valence-corrected chi connectivity index (χ4v) is 1.41. The lowest BCUT2D eigenvalue weighted by atomic mass is 9.91. The number of carbonyl (C=O) groups excluding carboxylic acids is 3. The van der Waals surface area contributed by atoms with E-state index in [4.69, 9.17) is 4.74 Å². The van der Waals surface area contributed by atoms with Crippen LogP contribution in [0.5, 0.6) is 0 Å². The Hall–Kier alpha value is -1.85. The molecular weight excluding hydrogens is 274 g/mol. The third kappa shape index (κ3) is 6.92. The number of esters is 1. The number of amides is 2. The zero-order valence-corrected chi connectivity index (χ0v) is 13.9. The van der Waals surface area contributed by atoms with Gasteiger partial charge in [0.15, 0.2) is 0 Å². The van der Waals surface area contributed by atoms with Gasteiger partial charge in [0, 0.05) is 6.42 Å². The lowest BCUT2D eigenvalue weighted by molar-refractivity contribution is -0.142. The number of hydrogen-bond acceptors (Lipinski definition) is 5. The first-order chi connectivity index (χ1) is 9.28. The van der Waals surface area contributed by atoms with Crippen molar-refractivity contribution in [2.24, 2.45) is 5.41 Å². The van der Waals surface area contributed by atoms with Crippen molar-refractivity contribution in [1.29, 1.82) is 0 Å². The average Bonchev–Trinajstić information content (AvgIpc) is 2.22. The van der Waals surface area contributed by atoms with Crippen molar-refractivity contribution in [2.45, 2.75) is 53.6 Å². The Bertz CT molecular complexity index is 412. The zero-order chi connectivity index (χ0) is 17.0. The number of ether oxygens (including phenoxy) is 2. The first kappa shape index (κ1) is 19.1. The van der Waals surface area contributed by atoms with Gasteiger partial charge in [-0.25, -0.2) is 14.5 Å². The van der Waals surface area contributed by atoms with E-state index in [1.54, 1.807) is 20.8 Å². The van der Waals surface area contributed by atoms with Gasteiger partial charge in [0.2, 0.25) is 5.91 Å². The summed E-state index contributed by atoms with van der Waals surface area (Å²) in [6.07, 6.45) is -0.880. The molecule has 0 saturated carbocycles. The van der Waals surface area contributed by atoms with Crippen LogP contribution in [0.15, 0.2) is 12.3 Å². The molecule has 0 saturated heterocycles. The molecule has 0 aromatic carbocycles. The molecule has 0 aromatic rings. The van der Waals surface area contributed by atoms with Gasteiger partial charge in [0.05, 0.1) is 7.11 Å². The molecule has 21 heavy (non-hydrogen) atoms. The van der Waals surface area contributed by atoms with E-state index in [2.05, 4.69) is 11.3 Å². The molecular formula is C15H25NO5. The molecule has 0 aliphatic heterocycles. The van der Waals surface area contributed by atoms with Crippen molar-refractivity contribution in [1.82, 2.24) is 4.90 Å². The fraction of sp³-hybridized carbons (Fsp3) is 0.667. The largest absolute Gasteiger partial charge is 0.464 e. The van der Waals surface area contributed by atoms with Gasteiger partial charge in [-0.05, 0) is 26.2 Å². The lowest BCUT2D eigenvalue weighted by Crippen LogP contribution is -2.43. The van der Waals surface area contributed by atoms with Gasteiger partial charge in [0.1, 0.15) is 11.3 Å². The number of nitrogens with zero attached hydrogens (tertiary/aromatic N) is 1. The van der Waals surface area contributed by atoms with Crippen LogP contribution >= 0.6 is 0 Å². The first-order valence-corrected chi connectivity index (χ1v) is 6.61. The molecule has 0 radical (unpaired) electrons. The molecule has 0 aromatic heterocycles. The molecule has 0 unspecified atom stereocenters. The van der Waals surface area contributed by atoms with Gasteiger partial charge < -0.3 is 9.47 Å². The Kier molecular flexibility index (Phi) is 6.14. The van der Waals surface area contributed by atoms with Crippen LogP contribution in [0.1, 0.15) is 48.0 Å². The molecule has 0 aliphatic rings. The second kappa shape index (κ2) is 6.74. The molecule has 6 nitrogen and oxygen atoms in total. The van der Waals surface area contributed by atoms with E-state index in [0.717, 1.165) is 7.11 Å². The summed E-state index contributed by atoms with van der Waals surface area (Å²) in [7, 11) is 1.15. The topological polar surface area (TPSA) is 72.9 Å². The summed E-state index contributed by atoms with van der Waals surface area (Å²) in [5.74, 6) is -1.42. The first-order valence-electron chi connectivity index (χ1n) is 6.61. The van der Waals surface area contributed by atoms with Crippen LogP contribution in [0.3, 0.4) is 0 Å². The summed E-state index contributed by atoms with van der Waals surface area (Å²) in [5.41, 5.74) is -1.51. The predicted octanol–water partition coefficient (Wildman–Crippen LogP) is 2.87. The van der Waals surface area contributed by atoms with Crippen LogP contribution in [-0.2, 0) is 19.1 Å². The summed E-state index contributed by atoms with van der Waals surface area (Å²) < 4.78 is 9.66. The van der Waals surface area contributed by atoms with Gasteiger partial charge in [-0.3, -0.25) is 4.79 Å². The average molecular weight is 299 g/mol. The highest BCUT2D eigenvalue weighted by Crippen LogP contribution is 2.23. The predicted molar refractivity (Wildman–Crippen MR) is 78.3 cm³/mol. The molecule has 120 valence electrons. The standard InChI is InChI=1S/C15H25NO5/c1-10(12(18)20-8)16(11(17)9-14(2,3)4)13(19)21-15(5,6)7/h1,9H2,2-8H3. The number of methoxy groups -OCH3 is 1. The minimum absolute atomic E-state index is 0.0578. The van der Waals surface area contributed by atoms with E-state index < -0.39 is 23.6 Å². The minimum Gasteiger partial charge on any atom is -0.464 e. The van der Waals surface area contributed by atoms with E-state index in [0.29, 0.717) is 4.90 Å². The quantitative estimate of drug-likeness (QED) is 0.592. The van der Waals surface area contributed by atoms with Crippen molar-refractivity contribution in [3.63, 3.8) is 0 Å². The third-order valence-electron chi connectivity index (χ3n) is 2.20. The van der Waals surface area contributed by atoms with Crippen LogP contribution in [0.4, 0.5) is 4.79 Å². The molecule has 2 amide bonds. The molecule has 0 N–H and O–H groups in total. The Labute approximate surface area is 126 Å². The van der Waals surface area contributed by atoms with Crippen molar-refractivity contribution >= 4 is 18.0 Å². The van der Waals surface area contributed by atoms with E-state index in [-0.39, 0.29) is 17.5 Å². The van der Waals surface area contributed by atoms with E-state index in [1.165, 1.54) is 0 Å². The SMILES string of the molecule is C=C(C(=O)OC)N(C(=O)CC(C)(C)C)C(=O)OC(C)(C)C. The van der Waals surface area contributed by atoms with Gasteiger partial charge in [-0.15, -0.1) is 0 Å². The molecule has 0 atom stereocenters. The van der Waals surface area contributed by atoms with Gasteiger partial charge in [-0.2, -0.15) is 0 Å². The minimum atomic E-state index is -0.938. The van der Waals surface area contributed by atoms with Crippen molar-refractivity contribution in [2.75, 3.05) is 7.11 Å². The second-order valence-corrected chi connectivity index (χ2v) is 6.89. The molecule has 0 rings (SSSR count). The maximum atomic E-state index is 12.3. The monoisotopic (exact) mass is 299 g/mol. The maximum Gasteiger partial charge on any atom is 0.421 e. The Morgan fingerprint density at radius 3 is 1.86 bits per heavy atom. The smallest absolute Gasteiger partial charge is 0.421 e. The summed E-state index contributed by atoms with van der Waals surface area (Å²) >= 11 is 0. The highest BCUT2D eigenvalue weighted by molar-refractivity contribution is 6.02. The highest BCUT2D eigenvalue weighted by atomic mass is 16.6. The van der Waals surface area contributed by atoms with Crippen LogP contribution in [-0.4, -0.2) is 35.6 Å². The summed E-state index contributed by atoms with van der Waals surface area (Å²) in [6, 6.07) is 0. The molecule has 0 bridgehead atoms. The van der Waals surface area contributed by atoms with Crippen LogP contribution < -0.4 is 0 Å². The van der Waals surface area contributed by atoms with E-state index >= 15 is 0 Å². The van der Waals surface area contributed by atoms with Gasteiger partial charge in [-0.1, -0.05) is 27.4 Å². The Morgan fingerprint density at radius 2 is 1.52 bits per heavy atom. The highest BCUT2D eigenvalue weighted by Gasteiger charge is 2.34. The molecule has 0 fully saturated rings. The third-order valence-corrected chi connectivity index (χ3v) is 2.20. The summed E-state index contributed by atoms with van der Waals surface area (Å²) in [5, 5.41) is 0. The molecule has 0 heterocycles. The Morgan fingerprint density at radius 1 is 1.05 bits per heavy atom. The zero-order valence-electron chi connectivity index (χ0n) is 13.9. The van der Waals surface area contributed by atoms with E-state index in [9.17, 15) is 14.4 Å². The van der Waals surface area contributed by atoms with Crippen LogP contribution in [0.2, 0.25) is 0 Å². The van der Waals surface area contributed by atoms with Crippen LogP contribution in [0.25, 0.3) is 0 Å². The van der Waals surface area contributed by atoms with Gasteiger partial charge in [0.25, 0.3) is 0 Å². The number of imide groups is 1. The van der Waals surface area contributed by atoms with E-state index in [1.807, 2.05) is 20.8 Å². The second-order valence-electron chi connectivity index (χ2n) is 6.89. The number of rotatable bonds is 3. The summed E-state index contributed by atoms with van der Waals surface area (Å²) in [6.45, 7) is 14.0. The lowest BCUT2D eigenvalue weighted by Gasteiger charge is -2.28. The van der Waals surface area contributed by atoms with Crippen LogP contribution in [0, 0.1) is 5.41 Å². The molecule has 0 aliphatic carbocycles. The fourth-order valence-electron chi connectivity index (χ4n) is 1.41. The Balaban J connectivity index is 5.38. The summed E-state index contributed by atoms with van der Waals surface area (Å²) in [4.78, 5) is 36.7. The maximum absolute atomic E-state index is 12.3. The number of carbonyl (C=O) groups is 3. The van der Waals surface area contributed by atoms with Gasteiger partial charge >= 0.3 is 12.1 Å². The van der Waals surface area contributed by atoms with Crippen molar-refractivity contribution in [3.8, 4) is 0 Å². The molecule has 0 spiro atoms. The van der Waals surface area contributed by atoms with Crippen molar-refractivity contribution < 1.29 is 23.9 Å². The normalized spacial score (nSPS) is 11.6. The molecule has 6 heteroatoms. The number of hydrogen-bond donors (Lipinski definition) is 0.